The smallest absolute Gasteiger partial charge is 0.114 e. The molecule has 0 amide bonds. The van der Waals surface area contributed by atoms with Crippen molar-refractivity contribution >= 4 is 11.8 Å². The van der Waals surface area contributed by atoms with Gasteiger partial charge in [0.15, 0.2) is 0 Å². The van der Waals surface area contributed by atoms with Crippen LogP contribution in [0.3, 0.4) is 0 Å². The number of hydrogen-bond donors (Lipinski definition) is 1. The Labute approximate surface area is 93.9 Å². The molecule has 78 valence electrons. The topological polar surface area (TPSA) is 48.7 Å². The quantitative estimate of drug-likeness (QED) is 0.785. The summed E-state index contributed by atoms with van der Waals surface area (Å²) in [6.45, 7) is 2.22. The van der Waals surface area contributed by atoms with E-state index < -0.39 is 0 Å². The highest BCUT2D eigenvalue weighted by atomic mass is 32.2. The van der Waals surface area contributed by atoms with Gasteiger partial charge in [0.05, 0.1) is 5.56 Å². The van der Waals surface area contributed by atoms with Gasteiger partial charge in [-0.3, -0.25) is 0 Å². The number of pyridine rings is 1. The Kier molecular flexibility index (Phi) is 3.59. The van der Waals surface area contributed by atoms with Gasteiger partial charge in [0, 0.05) is 11.9 Å². The largest absolute Gasteiger partial charge is 0.316 e. The molecule has 2 heterocycles. The van der Waals surface area contributed by atoms with Crippen molar-refractivity contribution in [1.29, 1.82) is 5.26 Å². The lowest BCUT2D eigenvalue weighted by atomic mass is 10.2. The predicted molar refractivity (Wildman–Crippen MR) is 60.7 cm³/mol. The molecule has 3 nitrogen and oxygen atoms in total. The van der Waals surface area contributed by atoms with Gasteiger partial charge in [-0.05, 0) is 37.6 Å². The fraction of sp³-hybridized carbons (Fsp3) is 0.455. The van der Waals surface area contributed by atoms with Crippen LogP contribution in [0.2, 0.25) is 0 Å². The Balaban J connectivity index is 1.95. The van der Waals surface area contributed by atoms with E-state index in [9.17, 15) is 0 Å². The Morgan fingerprint density at radius 2 is 2.60 bits per heavy atom. The Hall–Kier alpha value is -1.05. The molecule has 2 rings (SSSR count). The molecule has 0 saturated carbocycles. The minimum atomic E-state index is 0.688. The Morgan fingerprint density at radius 3 is 3.33 bits per heavy atom. The van der Waals surface area contributed by atoms with Crippen molar-refractivity contribution in [3.05, 3.63) is 23.9 Å². The van der Waals surface area contributed by atoms with E-state index in [1.807, 2.05) is 6.07 Å². The number of aromatic nitrogens is 1. The molecule has 1 atom stereocenters. The van der Waals surface area contributed by atoms with E-state index in [0.29, 0.717) is 5.56 Å². The zero-order valence-electron chi connectivity index (χ0n) is 8.44. The molecule has 0 spiro atoms. The van der Waals surface area contributed by atoms with Crippen molar-refractivity contribution in [2.45, 2.75) is 11.4 Å². The molecule has 1 N–H and O–H groups in total. The third kappa shape index (κ3) is 2.71. The van der Waals surface area contributed by atoms with Crippen LogP contribution in [0.1, 0.15) is 12.0 Å². The van der Waals surface area contributed by atoms with Gasteiger partial charge in [0.1, 0.15) is 11.1 Å². The minimum absolute atomic E-state index is 0.688. The van der Waals surface area contributed by atoms with Crippen LogP contribution < -0.4 is 5.32 Å². The van der Waals surface area contributed by atoms with E-state index in [2.05, 4.69) is 16.4 Å². The summed E-state index contributed by atoms with van der Waals surface area (Å²) < 4.78 is 0. The summed E-state index contributed by atoms with van der Waals surface area (Å²) in [6.07, 6.45) is 2.98. The normalized spacial score (nSPS) is 20.1. The van der Waals surface area contributed by atoms with Crippen LogP contribution in [0.5, 0.6) is 0 Å². The van der Waals surface area contributed by atoms with E-state index in [1.165, 1.54) is 6.42 Å². The predicted octanol–water partition coefficient (Wildman–Crippen LogP) is 1.65. The molecule has 0 aromatic carbocycles. The van der Waals surface area contributed by atoms with Gasteiger partial charge >= 0.3 is 0 Å². The van der Waals surface area contributed by atoms with Crippen LogP contribution in [0, 0.1) is 17.2 Å². The molecule has 1 aliphatic rings. The van der Waals surface area contributed by atoms with Crippen LogP contribution in [-0.2, 0) is 0 Å². The average molecular weight is 219 g/mol. The standard InChI is InChI=1S/C11H13N3S/c12-6-10-2-1-4-14-11(10)15-8-9-3-5-13-7-9/h1-2,4,9,13H,3,5,7-8H2/t9-/m0/s1. The second-order valence-corrected chi connectivity index (χ2v) is 4.65. The summed E-state index contributed by atoms with van der Waals surface area (Å²) in [5, 5.41) is 13.1. The van der Waals surface area contributed by atoms with Gasteiger partial charge in [-0.1, -0.05) is 0 Å². The summed E-state index contributed by atoms with van der Waals surface area (Å²) >= 11 is 1.70. The van der Waals surface area contributed by atoms with E-state index >= 15 is 0 Å². The number of nitrogens with zero attached hydrogens (tertiary/aromatic N) is 2. The second kappa shape index (κ2) is 5.15. The second-order valence-electron chi connectivity index (χ2n) is 3.64. The zero-order valence-corrected chi connectivity index (χ0v) is 9.26. The first-order valence-electron chi connectivity index (χ1n) is 5.09. The number of nitrogens with one attached hydrogen (secondary N) is 1. The van der Waals surface area contributed by atoms with Crippen molar-refractivity contribution in [1.82, 2.24) is 10.3 Å². The fourth-order valence-electron chi connectivity index (χ4n) is 1.64. The van der Waals surface area contributed by atoms with Gasteiger partial charge in [-0.15, -0.1) is 11.8 Å². The number of nitriles is 1. The maximum atomic E-state index is 8.89. The summed E-state index contributed by atoms with van der Waals surface area (Å²) in [6, 6.07) is 5.80. The molecule has 4 heteroatoms. The lowest BCUT2D eigenvalue weighted by molar-refractivity contribution is 0.662. The molecule has 0 radical (unpaired) electrons. The van der Waals surface area contributed by atoms with E-state index in [4.69, 9.17) is 5.26 Å². The van der Waals surface area contributed by atoms with Gasteiger partial charge in [-0.25, -0.2) is 4.98 Å². The fourth-order valence-corrected chi connectivity index (χ4v) is 2.73. The molecule has 1 saturated heterocycles. The summed E-state index contributed by atoms with van der Waals surface area (Å²) in [7, 11) is 0. The first-order valence-corrected chi connectivity index (χ1v) is 6.07. The third-order valence-corrected chi connectivity index (χ3v) is 3.75. The first-order chi connectivity index (χ1) is 7.40. The Morgan fingerprint density at radius 1 is 1.67 bits per heavy atom. The number of rotatable bonds is 3. The van der Waals surface area contributed by atoms with Gasteiger partial charge in [0.2, 0.25) is 0 Å². The van der Waals surface area contributed by atoms with Gasteiger partial charge in [0.25, 0.3) is 0 Å². The Bertz CT molecular complexity index is 366. The molecular formula is C11H13N3S. The zero-order chi connectivity index (χ0) is 10.5. The lowest BCUT2D eigenvalue weighted by Crippen LogP contribution is -2.10. The van der Waals surface area contributed by atoms with Gasteiger partial charge in [-0.2, -0.15) is 5.26 Å². The van der Waals surface area contributed by atoms with Crippen LogP contribution >= 0.6 is 11.8 Å². The first kappa shape index (κ1) is 10.5. The molecular weight excluding hydrogens is 206 g/mol. The summed E-state index contributed by atoms with van der Waals surface area (Å²) in [5.41, 5.74) is 0.688. The maximum Gasteiger partial charge on any atom is 0.114 e. The van der Waals surface area contributed by atoms with Crippen LogP contribution in [0.15, 0.2) is 23.4 Å². The molecule has 0 aliphatic carbocycles. The van der Waals surface area contributed by atoms with Crippen LogP contribution in [0.4, 0.5) is 0 Å². The lowest BCUT2D eigenvalue weighted by Gasteiger charge is -2.07. The van der Waals surface area contributed by atoms with E-state index in [0.717, 1.165) is 29.8 Å². The highest BCUT2D eigenvalue weighted by Crippen LogP contribution is 2.23. The third-order valence-electron chi connectivity index (χ3n) is 2.51. The molecule has 1 fully saturated rings. The van der Waals surface area contributed by atoms with Crippen LogP contribution in [-0.4, -0.2) is 23.8 Å². The number of thioether (sulfide) groups is 1. The van der Waals surface area contributed by atoms with Crippen molar-refractivity contribution in [3.8, 4) is 6.07 Å². The molecule has 1 aromatic rings. The monoisotopic (exact) mass is 219 g/mol. The minimum Gasteiger partial charge on any atom is -0.316 e. The van der Waals surface area contributed by atoms with Crippen LogP contribution in [0.25, 0.3) is 0 Å². The molecule has 0 unspecified atom stereocenters. The molecule has 1 aromatic heterocycles. The highest BCUT2D eigenvalue weighted by molar-refractivity contribution is 7.99. The number of hydrogen-bond acceptors (Lipinski definition) is 4. The van der Waals surface area contributed by atoms with Crippen molar-refractivity contribution in [2.75, 3.05) is 18.8 Å². The molecule has 1 aliphatic heterocycles. The van der Waals surface area contributed by atoms with Crippen molar-refractivity contribution < 1.29 is 0 Å². The van der Waals surface area contributed by atoms with Crippen molar-refractivity contribution in [3.63, 3.8) is 0 Å². The van der Waals surface area contributed by atoms with Gasteiger partial charge < -0.3 is 5.32 Å². The highest BCUT2D eigenvalue weighted by Gasteiger charge is 2.15. The van der Waals surface area contributed by atoms with E-state index in [-0.39, 0.29) is 0 Å². The summed E-state index contributed by atoms with van der Waals surface area (Å²) in [5.74, 6) is 1.78. The maximum absolute atomic E-state index is 8.89. The SMILES string of the molecule is N#Cc1cccnc1SC[C@H]1CCNC1. The molecule has 0 bridgehead atoms. The molecule has 15 heavy (non-hydrogen) atoms. The van der Waals surface area contributed by atoms with E-state index in [1.54, 1.807) is 24.0 Å². The van der Waals surface area contributed by atoms with Crippen molar-refractivity contribution in [2.24, 2.45) is 5.92 Å². The average Bonchev–Trinajstić information content (AvgIpc) is 2.79. The summed E-state index contributed by atoms with van der Waals surface area (Å²) in [4.78, 5) is 4.23.